The average Bonchev–Trinajstić information content (AvgIpc) is 2.82. The van der Waals surface area contributed by atoms with Crippen molar-refractivity contribution in [2.75, 3.05) is 5.32 Å². The Hall–Kier alpha value is -2.08. The number of benzene rings is 1. The number of fused-ring (bicyclic) bond motifs is 1. The van der Waals surface area contributed by atoms with Crippen molar-refractivity contribution in [2.24, 2.45) is 0 Å². The topological polar surface area (TPSA) is 68.1 Å². The Morgan fingerprint density at radius 1 is 1.33 bits per heavy atom. The van der Waals surface area contributed by atoms with Crippen molar-refractivity contribution in [1.29, 1.82) is 0 Å². The van der Waals surface area contributed by atoms with E-state index < -0.39 is 0 Å². The maximum absolute atomic E-state index is 10.8. The Labute approximate surface area is 107 Å². The van der Waals surface area contributed by atoms with Gasteiger partial charge >= 0.3 is 0 Å². The van der Waals surface area contributed by atoms with E-state index in [1.807, 2.05) is 18.2 Å². The van der Waals surface area contributed by atoms with E-state index in [2.05, 4.69) is 10.3 Å². The molecule has 0 amide bonds. The largest absolute Gasteiger partial charge is 0.353 e. The zero-order valence-corrected chi connectivity index (χ0v) is 10.1. The summed E-state index contributed by atoms with van der Waals surface area (Å²) in [7, 11) is 0. The van der Waals surface area contributed by atoms with E-state index in [0.717, 1.165) is 16.3 Å². The molecule has 0 radical (unpaired) electrons. The van der Waals surface area contributed by atoms with Crippen LogP contribution in [0, 0.1) is 10.1 Å². The van der Waals surface area contributed by atoms with E-state index >= 15 is 0 Å². The van der Waals surface area contributed by atoms with Crippen LogP contribution in [0.2, 0.25) is 0 Å². The molecule has 5 nitrogen and oxygen atoms in total. The van der Waals surface area contributed by atoms with Crippen LogP contribution in [0.3, 0.4) is 0 Å². The number of thioether (sulfide) groups is 1. The lowest BCUT2D eigenvalue weighted by Gasteiger charge is -2.09. The van der Waals surface area contributed by atoms with Crippen LogP contribution in [0.4, 0.5) is 11.5 Å². The Bertz CT molecular complexity index is 593. The highest BCUT2D eigenvalue weighted by atomic mass is 32.2. The van der Waals surface area contributed by atoms with Gasteiger partial charge in [0.1, 0.15) is 11.2 Å². The minimum atomic E-state index is -0.380. The third kappa shape index (κ3) is 1.91. The molecule has 1 unspecified atom stereocenters. The zero-order chi connectivity index (χ0) is 12.5. The second kappa shape index (κ2) is 4.30. The summed E-state index contributed by atoms with van der Waals surface area (Å²) in [6, 6.07) is 10.5. The number of hydrogen-bond acceptors (Lipinski definition) is 5. The molecule has 3 rings (SSSR count). The number of nitrogens with zero attached hydrogens (tertiary/aromatic N) is 2. The first kappa shape index (κ1) is 11.0. The van der Waals surface area contributed by atoms with Crippen molar-refractivity contribution in [2.45, 2.75) is 10.3 Å². The number of pyridine rings is 1. The number of nitro benzene ring substituents is 1. The van der Waals surface area contributed by atoms with Crippen LogP contribution in [-0.2, 0) is 0 Å². The fraction of sp³-hybridized carbons (Fsp3) is 0.0833. The standard InChI is InChI=1S/C12H9N3O2S/c16-15(17)9-4-1-3-8(7-9)12-14-11-10(18-12)5-2-6-13-11/h1-7,12H,(H,13,14). The molecule has 6 heteroatoms. The quantitative estimate of drug-likeness (QED) is 0.662. The Morgan fingerprint density at radius 2 is 2.22 bits per heavy atom. The average molecular weight is 259 g/mol. The van der Waals surface area contributed by atoms with Crippen molar-refractivity contribution in [3.05, 3.63) is 58.3 Å². The molecule has 0 saturated heterocycles. The molecule has 1 aromatic carbocycles. The van der Waals surface area contributed by atoms with Crippen molar-refractivity contribution < 1.29 is 4.92 Å². The van der Waals surface area contributed by atoms with E-state index in [1.165, 1.54) is 6.07 Å². The van der Waals surface area contributed by atoms with Crippen molar-refractivity contribution in [3.63, 3.8) is 0 Å². The fourth-order valence-electron chi connectivity index (χ4n) is 1.83. The minimum absolute atomic E-state index is 0.0187. The highest BCUT2D eigenvalue weighted by molar-refractivity contribution is 8.00. The molecule has 0 aliphatic carbocycles. The van der Waals surface area contributed by atoms with Gasteiger partial charge in [-0.2, -0.15) is 0 Å². The molecule has 2 aromatic rings. The summed E-state index contributed by atoms with van der Waals surface area (Å²) in [5, 5.41) is 14.0. The van der Waals surface area contributed by atoms with Crippen LogP contribution in [0.5, 0.6) is 0 Å². The SMILES string of the molecule is O=[N+]([O-])c1cccc(C2Nc3ncccc3S2)c1. The second-order valence-electron chi connectivity index (χ2n) is 3.84. The monoisotopic (exact) mass is 259 g/mol. The maximum Gasteiger partial charge on any atom is 0.269 e. The van der Waals surface area contributed by atoms with Crippen molar-refractivity contribution in [3.8, 4) is 0 Å². The number of nitrogens with one attached hydrogen (secondary N) is 1. The lowest BCUT2D eigenvalue weighted by molar-refractivity contribution is -0.384. The Kier molecular flexibility index (Phi) is 2.64. The molecule has 1 atom stereocenters. The summed E-state index contributed by atoms with van der Waals surface area (Å²) in [6.45, 7) is 0. The van der Waals surface area contributed by atoms with E-state index in [-0.39, 0.29) is 16.0 Å². The highest BCUT2D eigenvalue weighted by Gasteiger charge is 2.24. The molecular formula is C12H9N3O2S. The predicted molar refractivity (Wildman–Crippen MR) is 69.6 cm³/mol. The smallest absolute Gasteiger partial charge is 0.269 e. The van der Waals surface area contributed by atoms with Gasteiger partial charge in [-0.25, -0.2) is 4.98 Å². The summed E-state index contributed by atoms with van der Waals surface area (Å²) in [6.07, 6.45) is 1.72. The summed E-state index contributed by atoms with van der Waals surface area (Å²) >= 11 is 1.61. The molecular weight excluding hydrogens is 250 g/mol. The Morgan fingerprint density at radius 3 is 3.00 bits per heavy atom. The Balaban J connectivity index is 1.90. The fourth-order valence-corrected chi connectivity index (χ4v) is 2.92. The molecule has 0 fully saturated rings. The van der Waals surface area contributed by atoms with Gasteiger partial charge in [0, 0.05) is 18.3 Å². The van der Waals surface area contributed by atoms with Gasteiger partial charge in [0.05, 0.1) is 9.82 Å². The number of non-ortho nitro benzene ring substituents is 1. The van der Waals surface area contributed by atoms with Gasteiger partial charge in [0.2, 0.25) is 0 Å². The number of nitro groups is 1. The van der Waals surface area contributed by atoms with Crippen LogP contribution in [0.1, 0.15) is 10.9 Å². The van der Waals surface area contributed by atoms with Crippen LogP contribution in [-0.4, -0.2) is 9.91 Å². The molecule has 0 spiro atoms. The molecule has 0 saturated carbocycles. The first-order chi connectivity index (χ1) is 8.74. The second-order valence-corrected chi connectivity index (χ2v) is 4.99. The molecule has 0 bridgehead atoms. The van der Waals surface area contributed by atoms with Crippen LogP contribution in [0.25, 0.3) is 0 Å². The molecule has 2 heterocycles. The molecule has 1 aliphatic rings. The van der Waals surface area contributed by atoms with Crippen LogP contribution < -0.4 is 5.32 Å². The van der Waals surface area contributed by atoms with Gasteiger partial charge < -0.3 is 5.32 Å². The van der Waals surface area contributed by atoms with Crippen molar-refractivity contribution in [1.82, 2.24) is 4.98 Å². The summed E-state index contributed by atoms with van der Waals surface area (Å²) in [5.74, 6) is 0.832. The summed E-state index contributed by atoms with van der Waals surface area (Å²) in [5.41, 5.74) is 0.992. The van der Waals surface area contributed by atoms with Gasteiger partial charge in [-0.1, -0.05) is 23.9 Å². The van der Waals surface area contributed by atoms with Crippen LogP contribution >= 0.6 is 11.8 Å². The number of rotatable bonds is 2. The van der Waals surface area contributed by atoms with E-state index in [0.29, 0.717) is 0 Å². The van der Waals surface area contributed by atoms with E-state index in [4.69, 9.17) is 0 Å². The number of aromatic nitrogens is 1. The third-order valence-corrected chi connectivity index (χ3v) is 3.88. The molecule has 1 aromatic heterocycles. The van der Waals surface area contributed by atoms with Gasteiger partial charge in [-0.15, -0.1) is 0 Å². The molecule has 1 aliphatic heterocycles. The van der Waals surface area contributed by atoms with Crippen molar-refractivity contribution >= 4 is 23.3 Å². The lowest BCUT2D eigenvalue weighted by atomic mass is 10.2. The normalized spacial score (nSPS) is 17.0. The first-order valence-corrected chi connectivity index (χ1v) is 6.24. The molecule has 1 N–H and O–H groups in total. The summed E-state index contributed by atoms with van der Waals surface area (Å²) < 4.78 is 0. The highest BCUT2D eigenvalue weighted by Crippen LogP contribution is 2.45. The minimum Gasteiger partial charge on any atom is -0.353 e. The lowest BCUT2D eigenvalue weighted by Crippen LogP contribution is -2.02. The van der Waals surface area contributed by atoms with Gasteiger partial charge in [-0.05, 0) is 17.7 Å². The predicted octanol–water partition coefficient (Wildman–Crippen LogP) is 3.21. The van der Waals surface area contributed by atoms with Crippen LogP contribution in [0.15, 0.2) is 47.5 Å². The van der Waals surface area contributed by atoms with Gasteiger partial charge in [0.15, 0.2) is 0 Å². The molecule has 90 valence electrons. The van der Waals surface area contributed by atoms with E-state index in [9.17, 15) is 10.1 Å². The number of hydrogen-bond donors (Lipinski definition) is 1. The zero-order valence-electron chi connectivity index (χ0n) is 9.24. The van der Waals surface area contributed by atoms with Gasteiger partial charge in [0.25, 0.3) is 5.69 Å². The first-order valence-electron chi connectivity index (χ1n) is 5.36. The summed E-state index contributed by atoms with van der Waals surface area (Å²) in [4.78, 5) is 15.7. The van der Waals surface area contributed by atoms with E-state index in [1.54, 1.807) is 30.1 Å². The molecule has 18 heavy (non-hydrogen) atoms. The number of anilines is 1. The maximum atomic E-state index is 10.8. The third-order valence-electron chi connectivity index (χ3n) is 2.67. The van der Waals surface area contributed by atoms with Gasteiger partial charge in [-0.3, -0.25) is 10.1 Å².